The first-order valence-electron chi connectivity index (χ1n) is 6.63. The van der Waals surface area contributed by atoms with Crippen molar-refractivity contribution >= 4 is 10.0 Å². The van der Waals surface area contributed by atoms with Gasteiger partial charge < -0.3 is 5.32 Å². The van der Waals surface area contributed by atoms with Crippen LogP contribution in [-0.2, 0) is 16.6 Å². The summed E-state index contributed by atoms with van der Waals surface area (Å²) in [5.41, 5.74) is 1.64. The summed E-state index contributed by atoms with van der Waals surface area (Å²) in [6.07, 6.45) is 1.97. The molecule has 0 fully saturated rings. The van der Waals surface area contributed by atoms with Crippen LogP contribution < -0.4 is 5.32 Å². The van der Waals surface area contributed by atoms with E-state index in [-0.39, 0.29) is 0 Å². The molecule has 0 spiro atoms. The molecule has 0 atom stereocenters. The van der Waals surface area contributed by atoms with Crippen LogP contribution in [0.4, 0.5) is 0 Å². The van der Waals surface area contributed by atoms with Gasteiger partial charge in [-0.1, -0.05) is 25.1 Å². The third kappa shape index (κ3) is 5.29. The largest absolute Gasteiger partial charge is 0.313 e. The molecule has 5 nitrogen and oxygen atoms in total. The number of nitriles is 1. The molecule has 20 heavy (non-hydrogen) atoms. The first-order valence-corrected chi connectivity index (χ1v) is 8.47. The van der Waals surface area contributed by atoms with Crippen molar-refractivity contribution in [3.63, 3.8) is 0 Å². The summed E-state index contributed by atoms with van der Waals surface area (Å²) in [6.45, 7) is 4.18. The Morgan fingerprint density at radius 3 is 2.65 bits per heavy atom. The zero-order valence-electron chi connectivity index (χ0n) is 12.0. The zero-order valence-corrected chi connectivity index (χ0v) is 12.8. The summed E-state index contributed by atoms with van der Waals surface area (Å²) in [5.74, 6) is 0. The Balaban J connectivity index is 2.34. The van der Waals surface area contributed by atoms with Gasteiger partial charge in [0.25, 0.3) is 0 Å². The van der Waals surface area contributed by atoms with E-state index in [1.807, 2.05) is 25.1 Å². The maximum Gasteiger partial charge on any atom is 0.211 e. The van der Waals surface area contributed by atoms with Crippen LogP contribution in [0.2, 0.25) is 0 Å². The number of nitrogens with zero attached hydrogens (tertiary/aromatic N) is 2. The van der Waals surface area contributed by atoms with Gasteiger partial charge in [0.05, 0.1) is 17.9 Å². The van der Waals surface area contributed by atoms with E-state index in [0.717, 1.165) is 12.0 Å². The molecule has 0 aromatic heterocycles. The fourth-order valence-electron chi connectivity index (χ4n) is 1.95. The Bertz CT molecular complexity index is 564. The molecule has 0 saturated heterocycles. The van der Waals surface area contributed by atoms with E-state index < -0.39 is 10.0 Å². The van der Waals surface area contributed by atoms with E-state index in [1.54, 1.807) is 6.07 Å². The van der Waals surface area contributed by atoms with Crippen molar-refractivity contribution in [1.29, 1.82) is 5.26 Å². The van der Waals surface area contributed by atoms with E-state index in [4.69, 9.17) is 5.26 Å². The normalized spacial score (nSPS) is 11.5. The molecule has 0 amide bonds. The summed E-state index contributed by atoms with van der Waals surface area (Å²) in [5, 5.41) is 12.2. The first-order chi connectivity index (χ1) is 9.49. The lowest BCUT2D eigenvalue weighted by Crippen LogP contribution is -2.32. The monoisotopic (exact) mass is 295 g/mol. The minimum atomic E-state index is -3.10. The summed E-state index contributed by atoms with van der Waals surface area (Å²) in [4.78, 5) is 0. The van der Waals surface area contributed by atoms with Crippen molar-refractivity contribution in [1.82, 2.24) is 9.62 Å². The molecular formula is C14H21N3O2S. The quantitative estimate of drug-likeness (QED) is 0.734. The molecule has 0 heterocycles. The number of hydrogen-bond acceptors (Lipinski definition) is 4. The maximum absolute atomic E-state index is 11.4. The van der Waals surface area contributed by atoms with E-state index in [2.05, 4.69) is 11.4 Å². The van der Waals surface area contributed by atoms with Crippen molar-refractivity contribution in [2.24, 2.45) is 0 Å². The maximum atomic E-state index is 11.4. The minimum absolute atomic E-state index is 0.496. The standard InChI is InChI=1S/C14H21N3O2S/c1-3-17(20(2,18)19)10-6-9-16-12-14-8-5-4-7-13(14)11-15/h4-5,7-8,16H,3,6,9-10,12H2,1-2H3. The highest BCUT2D eigenvalue weighted by atomic mass is 32.2. The number of hydrogen-bond donors (Lipinski definition) is 1. The average Bonchev–Trinajstić information content (AvgIpc) is 2.41. The van der Waals surface area contributed by atoms with Crippen LogP contribution in [0, 0.1) is 11.3 Å². The minimum Gasteiger partial charge on any atom is -0.313 e. The Hall–Kier alpha value is -1.42. The number of nitrogens with one attached hydrogen (secondary N) is 1. The topological polar surface area (TPSA) is 73.2 Å². The van der Waals surface area contributed by atoms with Crippen molar-refractivity contribution in [3.05, 3.63) is 35.4 Å². The second-order valence-electron chi connectivity index (χ2n) is 4.55. The van der Waals surface area contributed by atoms with Crippen molar-refractivity contribution < 1.29 is 8.42 Å². The van der Waals surface area contributed by atoms with E-state index in [1.165, 1.54) is 10.6 Å². The van der Waals surface area contributed by atoms with Gasteiger partial charge in [-0.3, -0.25) is 0 Å². The molecule has 1 N–H and O–H groups in total. The van der Waals surface area contributed by atoms with E-state index in [0.29, 0.717) is 31.7 Å². The van der Waals surface area contributed by atoms with Crippen molar-refractivity contribution in [2.75, 3.05) is 25.9 Å². The third-order valence-electron chi connectivity index (χ3n) is 3.04. The SMILES string of the molecule is CCN(CCCNCc1ccccc1C#N)S(C)(=O)=O. The van der Waals surface area contributed by atoms with Gasteiger partial charge in [-0.25, -0.2) is 12.7 Å². The molecule has 0 radical (unpaired) electrons. The van der Waals surface area contributed by atoms with Crippen LogP contribution in [-0.4, -0.2) is 38.6 Å². The smallest absolute Gasteiger partial charge is 0.211 e. The second kappa shape index (κ2) is 8.00. The van der Waals surface area contributed by atoms with Crippen LogP contribution >= 0.6 is 0 Å². The number of benzene rings is 1. The molecule has 1 rings (SSSR count). The molecule has 0 aliphatic carbocycles. The summed E-state index contributed by atoms with van der Waals surface area (Å²) < 4.78 is 24.3. The summed E-state index contributed by atoms with van der Waals surface area (Å²) >= 11 is 0. The highest BCUT2D eigenvalue weighted by Crippen LogP contribution is 2.06. The van der Waals surface area contributed by atoms with Gasteiger partial charge in [0.2, 0.25) is 10.0 Å². The fraction of sp³-hybridized carbons (Fsp3) is 0.500. The Morgan fingerprint density at radius 1 is 1.35 bits per heavy atom. The lowest BCUT2D eigenvalue weighted by Gasteiger charge is -2.17. The summed E-state index contributed by atoms with van der Waals surface area (Å²) in [7, 11) is -3.10. The van der Waals surface area contributed by atoms with Crippen LogP contribution in [0.25, 0.3) is 0 Å². The van der Waals surface area contributed by atoms with Gasteiger partial charge in [0.15, 0.2) is 0 Å². The Kier molecular flexibility index (Phi) is 6.65. The predicted molar refractivity (Wildman–Crippen MR) is 79.6 cm³/mol. The third-order valence-corrected chi connectivity index (χ3v) is 4.41. The van der Waals surface area contributed by atoms with Crippen LogP contribution in [0.3, 0.4) is 0 Å². The molecule has 1 aromatic carbocycles. The molecular weight excluding hydrogens is 274 g/mol. The fourth-order valence-corrected chi connectivity index (χ4v) is 2.88. The zero-order chi connectivity index (χ0) is 15.0. The number of sulfonamides is 1. The van der Waals surface area contributed by atoms with Crippen LogP contribution in [0.5, 0.6) is 0 Å². The van der Waals surface area contributed by atoms with Gasteiger partial charge in [0.1, 0.15) is 0 Å². The molecule has 0 bridgehead atoms. The van der Waals surface area contributed by atoms with Crippen molar-refractivity contribution in [3.8, 4) is 6.07 Å². The molecule has 0 unspecified atom stereocenters. The van der Waals surface area contributed by atoms with Crippen LogP contribution in [0.15, 0.2) is 24.3 Å². The molecule has 0 saturated carbocycles. The summed E-state index contributed by atoms with van der Waals surface area (Å²) in [6, 6.07) is 9.61. The Labute approximate surface area is 121 Å². The van der Waals surface area contributed by atoms with Crippen LogP contribution in [0.1, 0.15) is 24.5 Å². The highest BCUT2D eigenvalue weighted by molar-refractivity contribution is 7.88. The van der Waals surface area contributed by atoms with E-state index in [9.17, 15) is 8.42 Å². The average molecular weight is 295 g/mol. The molecule has 0 aliphatic heterocycles. The molecule has 0 aliphatic rings. The first kappa shape index (κ1) is 16.6. The van der Waals surface area contributed by atoms with Gasteiger partial charge in [-0.15, -0.1) is 0 Å². The van der Waals surface area contributed by atoms with Gasteiger partial charge in [-0.05, 0) is 24.6 Å². The van der Waals surface area contributed by atoms with Gasteiger partial charge >= 0.3 is 0 Å². The van der Waals surface area contributed by atoms with Gasteiger partial charge in [-0.2, -0.15) is 5.26 Å². The number of rotatable bonds is 8. The second-order valence-corrected chi connectivity index (χ2v) is 6.54. The highest BCUT2D eigenvalue weighted by Gasteiger charge is 2.12. The Morgan fingerprint density at radius 2 is 2.05 bits per heavy atom. The van der Waals surface area contributed by atoms with Crippen molar-refractivity contribution in [2.45, 2.75) is 19.9 Å². The molecule has 6 heteroatoms. The predicted octanol–water partition coefficient (Wildman–Crippen LogP) is 1.32. The molecule has 1 aromatic rings. The van der Waals surface area contributed by atoms with Gasteiger partial charge in [0, 0.05) is 19.6 Å². The molecule has 110 valence electrons. The lowest BCUT2D eigenvalue weighted by atomic mass is 10.1. The lowest BCUT2D eigenvalue weighted by molar-refractivity contribution is 0.419. The van der Waals surface area contributed by atoms with E-state index >= 15 is 0 Å².